The average Bonchev–Trinajstić information content (AvgIpc) is 2.70. The normalized spacial score (nSPS) is 21.2. The van der Waals surface area contributed by atoms with Crippen LogP contribution in [-0.4, -0.2) is 37.1 Å². The Hall–Kier alpha value is -0.0800. The van der Waals surface area contributed by atoms with Crippen LogP contribution >= 0.6 is 0 Å². The topological polar surface area (TPSA) is 15.3 Å². The van der Waals surface area contributed by atoms with E-state index in [1.54, 1.807) is 0 Å². The lowest BCUT2D eigenvalue weighted by Gasteiger charge is -2.25. The number of hydrogen-bond acceptors (Lipinski definition) is 2. The monoisotopic (exact) mass is 226 g/mol. The van der Waals surface area contributed by atoms with E-state index in [1.165, 1.54) is 58.3 Å². The second kappa shape index (κ2) is 8.08. The summed E-state index contributed by atoms with van der Waals surface area (Å²) in [5, 5.41) is 3.60. The van der Waals surface area contributed by atoms with Gasteiger partial charge in [-0.15, -0.1) is 0 Å². The molecule has 1 unspecified atom stereocenters. The molecule has 1 aliphatic rings. The molecule has 96 valence electrons. The third-order valence-electron chi connectivity index (χ3n) is 3.44. The molecule has 1 rings (SSSR count). The SMILES string of the molecule is CCCN(CCCC(C)C)CC1CCCN1. The Morgan fingerprint density at radius 2 is 2.12 bits per heavy atom. The van der Waals surface area contributed by atoms with E-state index < -0.39 is 0 Å². The summed E-state index contributed by atoms with van der Waals surface area (Å²) in [5.41, 5.74) is 0. The molecule has 0 aromatic heterocycles. The fourth-order valence-electron chi connectivity index (χ4n) is 2.56. The number of nitrogens with zero attached hydrogens (tertiary/aromatic N) is 1. The summed E-state index contributed by atoms with van der Waals surface area (Å²) in [6.07, 6.45) is 6.78. The molecule has 0 aliphatic carbocycles. The second-order valence-corrected chi connectivity index (χ2v) is 5.63. The molecule has 0 aromatic rings. The highest BCUT2D eigenvalue weighted by molar-refractivity contribution is 4.77. The summed E-state index contributed by atoms with van der Waals surface area (Å²) in [5.74, 6) is 0.855. The van der Waals surface area contributed by atoms with Gasteiger partial charge in [-0.1, -0.05) is 20.8 Å². The molecule has 2 nitrogen and oxygen atoms in total. The van der Waals surface area contributed by atoms with Gasteiger partial charge in [0.1, 0.15) is 0 Å². The van der Waals surface area contributed by atoms with E-state index in [0.717, 1.165) is 12.0 Å². The van der Waals surface area contributed by atoms with Crippen molar-refractivity contribution in [3.05, 3.63) is 0 Å². The summed E-state index contributed by atoms with van der Waals surface area (Å²) in [6.45, 7) is 12.0. The number of rotatable bonds is 8. The first kappa shape index (κ1) is 14.0. The Bertz CT molecular complexity index is 162. The van der Waals surface area contributed by atoms with Gasteiger partial charge < -0.3 is 10.2 Å². The van der Waals surface area contributed by atoms with Gasteiger partial charge in [0.25, 0.3) is 0 Å². The molecular formula is C14H30N2. The van der Waals surface area contributed by atoms with Crippen LogP contribution in [0.2, 0.25) is 0 Å². The van der Waals surface area contributed by atoms with Gasteiger partial charge in [0, 0.05) is 12.6 Å². The van der Waals surface area contributed by atoms with Gasteiger partial charge in [-0.3, -0.25) is 0 Å². The van der Waals surface area contributed by atoms with Crippen molar-refractivity contribution in [1.82, 2.24) is 10.2 Å². The molecule has 1 fully saturated rings. The highest BCUT2D eigenvalue weighted by Crippen LogP contribution is 2.10. The van der Waals surface area contributed by atoms with Gasteiger partial charge in [0.05, 0.1) is 0 Å². The van der Waals surface area contributed by atoms with Gasteiger partial charge in [-0.2, -0.15) is 0 Å². The first-order chi connectivity index (χ1) is 7.72. The second-order valence-electron chi connectivity index (χ2n) is 5.63. The van der Waals surface area contributed by atoms with Crippen molar-refractivity contribution in [2.75, 3.05) is 26.2 Å². The maximum absolute atomic E-state index is 3.60. The third kappa shape index (κ3) is 5.86. The van der Waals surface area contributed by atoms with Crippen LogP contribution in [0.1, 0.15) is 52.9 Å². The molecule has 1 N–H and O–H groups in total. The van der Waals surface area contributed by atoms with E-state index in [1.807, 2.05) is 0 Å². The largest absolute Gasteiger partial charge is 0.313 e. The zero-order valence-corrected chi connectivity index (χ0v) is 11.5. The fourth-order valence-corrected chi connectivity index (χ4v) is 2.56. The number of hydrogen-bond donors (Lipinski definition) is 1. The van der Waals surface area contributed by atoms with Crippen molar-refractivity contribution in [1.29, 1.82) is 0 Å². The van der Waals surface area contributed by atoms with E-state index in [9.17, 15) is 0 Å². The molecule has 1 atom stereocenters. The molecule has 16 heavy (non-hydrogen) atoms. The van der Waals surface area contributed by atoms with Crippen LogP contribution in [0.15, 0.2) is 0 Å². The van der Waals surface area contributed by atoms with Crippen molar-refractivity contribution >= 4 is 0 Å². The predicted molar refractivity (Wildman–Crippen MR) is 71.8 cm³/mol. The smallest absolute Gasteiger partial charge is 0.0195 e. The first-order valence-electron chi connectivity index (χ1n) is 7.18. The lowest BCUT2D eigenvalue weighted by molar-refractivity contribution is 0.241. The van der Waals surface area contributed by atoms with Gasteiger partial charge in [0.15, 0.2) is 0 Å². The quantitative estimate of drug-likeness (QED) is 0.684. The van der Waals surface area contributed by atoms with Crippen LogP contribution in [-0.2, 0) is 0 Å². The molecule has 0 spiro atoms. The third-order valence-corrected chi connectivity index (χ3v) is 3.44. The minimum atomic E-state index is 0.769. The lowest BCUT2D eigenvalue weighted by Crippen LogP contribution is -2.38. The Morgan fingerprint density at radius 1 is 1.31 bits per heavy atom. The molecule has 0 aromatic carbocycles. The molecule has 1 heterocycles. The lowest BCUT2D eigenvalue weighted by atomic mass is 10.1. The maximum atomic E-state index is 3.60. The zero-order chi connectivity index (χ0) is 11.8. The van der Waals surface area contributed by atoms with E-state index in [4.69, 9.17) is 0 Å². The van der Waals surface area contributed by atoms with Crippen LogP contribution in [0.5, 0.6) is 0 Å². The van der Waals surface area contributed by atoms with E-state index in [0.29, 0.717) is 0 Å². The minimum absolute atomic E-state index is 0.769. The molecule has 0 bridgehead atoms. The van der Waals surface area contributed by atoms with Crippen molar-refractivity contribution in [2.45, 2.75) is 58.9 Å². The number of nitrogens with one attached hydrogen (secondary N) is 1. The minimum Gasteiger partial charge on any atom is -0.313 e. The summed E-state index contributed by atoms with van der Waals surface area (Å²) in [7, 11) is 0. The molecule has 2 heteroatoms. The Kier molecular flexibility index (Phi) is 7.06. The van der Waals surface area contributed by atoms with Gasteiger partial charge in [0.2, 0.25) is 0 Å². The molecule has 0 saturated carbocycles. The predicted octanol–water partition coefficient (Wildman–Crippen LogP) is 2.89. The van der Waals surface area contributed by atoms with Crippen LogP contribution in [0.3, 0.4) is 0 Å². The fraction of sp³-hybridized carbons (Fsp3) is 1.00. The van der Waals surface area contributed by atoms with Crippen molar-refractivity contribution in [3.63, 3.8) is 0 Å². The zero-order valence-electron chi connectivity index (χ0n) is 11.5. The summed E-state index contributed by atoms with van der Waals surface area (Å²) >= 11 is 0. The summed E-state index contributed by atoms with van der Waals surface area (Å²) in [6, 6.07) is 0.769. The molecular weight excluding hydrogens is 196 g/mol. The Balaban J connectivity index is 2.17. The standard InChI is InChI=1S/C14H30N2/c1-4-10-16(11-6-7-13(2)3)12-14-8-5-9-15-14/h13-15H,4-12H2,1-3H3. The highest BCUT2D eigenvalue weighted by Gasteiger charge is 2.17. The van der Waals surface area contributed by atoms with E-state index >= 15 is 0 Å². The molecule has 1 saturated heterocycles. The van der Waals surface area contributed by atoms with Crippen LogP contribution in [0, 0.1) is 5.92 Å². The van der Waals surface area contributed by atoms with Crippen molar-refractivity contribution in [2.24, 2.45) is 5.92 Å². The van der Waals surface area contributed by atoms with Crippen molar-refractivity contribution in [3.8, 4) is 0 Å². The summed E-state index contributed by atoms with van der Waals surface area (Å²) in [4.78, 5) is 2.66. The van der Waals surface area contributed by atoms with Crippen LogP contribution in [0.25, 0.3) is 0 Å². The molecule has 0 amide bonds. The Labute approximate surface area is 102 Å². The van der Waals surface area contributed by atoms with E-state index in [-0.39, 0.29) is 0 Å². The highest BCUT2D eigenvalue weighted by atomic mass is 15.1. The average molecular weight is 226 g/mol. The maximum Gasteiger partial charge on any atom is 0.0195 e. The van der Waals surface area contributed by atoms with E-state index in [2.05, 4.69) is 31.0 Å². The Morgan fingerprint density at radius 3 is 2.69 bits per heavy atom. The van der Waals surface area contributed by atoms with Crippen LogP contribution in [0.4, 0.5) is 0 Å². The van der Waals surface area contributed by atoms with Crippen molar-refractivity contribution < 1.29 is 0 Å². The summed E-state index contributed by atoms with van der Waals surface area (Å²) < 4.78 is 0. The molecule has 1 aliphatic heterocycles. The van der Waals surface area contributed by atoms with Gasteiger partial charge >= 0.3 is 0 Å². The molecule has 0 radical (unpaired) electrons. The van der Waals surface area contributed by atoms with Gasteiger partial charge in [-0.25, -0.2) is 0 Å². The first-order valence-corrected chi connectivity index (χ1v) is 7.18. The van der Waals surface area contributed by atoms with Crippen LogP contribution < -0.4 is 5.32 Å². The van der Waals surface area contributed by atoms with Gasteiger partial charge in [-0.05, 0) is 57.7 Å².